The maximum absolute atomic E-state index is 4.15. The van der Waals surface area contributed by atoms with Crippen molar-refractivity contribution in [3.63, 3.8) is 0 Å². The van der Waals surface area contributed by atoms with E-state index in [1.807, 2.05) is 11.6 Å². The van der Waals surface area contributed by atoms with Crippen molar-refractivity contribution in [3.05, 3.63) is 36.0 Å². The van der Waals surface area contributed by atoms with E-state index in [1.165, 1.54) is 5.57 Å². The summed E-state index contributed by atoms with van der Waals surface area (Å²) in [6, 6.07) is 0. The van der Waals surface area contributed by atoms with Crippen LogP contribution in [0.5, 0.6) is 0 Å². The summed E-state index contributed by atoms with van der Waals surface area (Å²) in [5.41, 5.74) is 1.43. The Balaban J connectivity index is 2.10. The highest BCUT2D eigenvalue weighted by Crippen LogP contribution is 2.13. The third-order valence-electron chi connectivity index (χ3n) is 2.26. The number of hydrogen-bond donors (Lipinski definition) is 0. The summed E-state index contributed by atoms with van der Waals surface area (Å²) in [5.74, 6) is 0.982. The number of allylic oxidation sites excluding steroid dienone is 4. The van der Waals surface area contributed by atoms with Crippen molar-refractivity contribution >= 4 is 0 Å². The van der Waals surface area contributed by atoms with Crippen LogP contribution in [0.1, 0.15) is 18.7 Å². The van der Waals surface area contributed by atoms with Crippen molar-refractivity contribution in [2.24, 2.45) is 0 Å². The van der Waals surface area contributed by atoms with Crippen LogP contribution in [-0.4, -0.2) is 14.8 Å². The molecule has 3 heteroatoms. The molecule has 1 aromatic rings. The fourth-order valence-corrected chi connectivity index (χ4v) is 1.45. The first kappa shape index (κ1) is 8.23. The molecule has 0 unspecified atom stereocenters. The van der Waals surface area contributed by atoms with E-state index in [2.05, 4.69) is 28.3 Å². The van der Waals surface area contributed by atoms with E-state index < -0.39 is 0 Å². The molecular weight excluding hydrogens is 162 g/mol. The zero-order valence-corrected chi connectivity index (χ0v) is 7.77. The molecule has 0 radical (unpaired) electrons. The van der Waals surface area contributed by atoms with Gasteiger partial charge in [0, 0.05) is 0 Å². The van der Waals surface area contributed by atoms with Gasteiger partial charge in [0.15, 0.2) is 0 Å². The van der Waals surface area contributed by atoms with Crippen molar-refractivity contribution < 1.29 is 0 Å². The highest BCUT2D eigenvalue weighted by molar-refractivity contribution is 5.17. The van der Waals surface area contributed by atoms with Crippen LogP contribution in [0.25, 0.3) is 0 Å². The van der Waals surface area contributed by atoms with Gasteiger partial charge in [0.2, 0.25) is 0 Å². The van der Waals surface area contributed by atoms with E-state index in [9.17, 15) is 0 Å². The first-order valence-electron chi connectivity index (χ1n) is 4.55. The fourth-order valence-electron chi connectivity index (χ4n) is 1.45. The van der Waals surface area contributed by atoms with Gasteiger partial charge in [-0.25, -0.2) is 9.67 Å². The first-order valence-corrected chi connectivity index (χ1v) is 4.55. The predicted molar refractivity (Wildman–Crippen MR) is 51.2 cm³/mol. The van der Waals surface area contributed by atoms with Gasteiger partial charge >= 0.3 is 0 Å². The van der Waals surface area contributed by atoms with Gasteiger partial charge < -0.3 is 0 Å². The molecule has 0 atom stereocenters. The molecule has 0 spiro atoms. The zero-order valence-electron chi connectivity index (χ0n) is 7.77. The molecule has 1 aliphatic carbocycles. The standard InChI is InChI=1S/C10H13N3/c1-9-11-8-12-13(9)7-10-5-3-2-4-6-10/h2-3,5,8H,4,6-7H2,1H3. The van der Waals surface area contributed by atoms with E-state index in [0.717, 1.165) is 25.2 Å². The molecular formula is C10H13N3. The van der Waals surface area contributed by atoms with Crippen LogP contribution < -0.4 is 0 Å². The normalized spacial score (nSPS) is 15.9. The van der Waals surface area contributed by atoms with Gasteiger partial charge in [-0.15, -0.1) is 0 Å². The number of hydrogen-bond acceptors (Lipinski definition) is 2. The topological polar surface area (TPSA) is 30.7 Å². The highest BCUT2D eigenvalue weighted by atomic mass is 15.3. The Labute approximate surface area is 77.8 Å². The van der Waals surface area contributed by atoms with E-state index >= 15 is 0 Å². The van der Waals surface area contributed by atoms with Crippen LogP contribution in [0.3, 0.4) is 0 Å². The van der Waals surface area contributed by atoms with Crippen molar-refractivity contribution in [2.45, 2.75) is 26.3 Å². The molecule has 1 heterocycles. The molecule has 0 saturated carbocycles. The van der Waals surface area contributed by atoms with Gasteiger partial charge in [-0.2, -0.15) is 5.10 Å². The Morgan fingerprint density at radius 2 is 2.46 bits per heavy atom. The summed E-state index contributed by atoms with van der Waals surface area (Å²) >= 11 is 0. The number of aromatic nitrogens is 3. The lowest BCUT2D eigenvalue weighted by molar-refractivity contribution is 0.632. The van der Waals surface area contributed by atoms with Crippen LogP contribution in [-0.2, 0) is 6.54 Å². The van der Waals surface area contributed by atoms with Crippen LogP contribution in [0.2, 0.25) is 0 Å². The van der Waals surface area contributed by atoms with Crippen LogP contribution in [0, 0.1) is 6.92 Å². The maximum Gasteiger partial charge on any atom is 0.138 e. The summed E-state index contributed by atoms with van der Waals surface area (Å²) in [5, 5.41) is 4.15. The van der Waals surface area contributed by atoms with Gasteiger partial charge in [-0.05, 0) is 25.3 Å². The van der Waals surface area contributed by atoms with Gasteiger partial charge in [0.1, 0.15) is 12.2 Å². The summed E-state index contributed by atoms with van der Waals surface area (Å²) in [6.07, 6.45) is 10.4. The SMILES string of the molecule is Cc1ncnn1CC1=CC=CCC1. The molecule has 0 aliphatic heterocycles. The number of nitrogens with zero attached hydrogens (tertiary/aromatic N) is 3. The highest BCUT2D eigenvalue weighted by Gasteiger charge is 2.03. The predicted octanol–water partition coefficient (Wildman–Crippen LogP) is 1.86. The fraction of sp³-hybridized carbons (Fsp3) is 0.400. The zero-order chi connectivity index (χ0) is 9.10. The van der Waals surface area contributed by atoms with Gasteiger partial charge in [0.25, 0.3) is 0 Å². The Kier molecular flexibility index (Phi) is 2.25. The van der Waals surface area contributed by atoms with E-state index in [0.29, 0.717) is 0 Å². The smallest absolute Gasteiger partial charge is 0.138 e. The van der Waals surface area contributed by atoms with Gasteiger partial charge in [0.05, 0.1) is 6.54 Å². The second-order valence-corrected chi connectivity index (χ2v) is 3.26. The molecule has 0 bridgehead atoms. The average molecular weight is 175 g/mol. The lowest BCUT2D eigenvalue weighted by atomic mass is 10.1. The monoisotopic (exact) mass is 175 g/mol. The lowest BCUT2D eigenvalue weighted by Crippen LogP contribution is -2.06. The molecule has 0 aromatic carbocycles. The minimum Gasteiger partial charge on any atom is -0.246 e. The van der Waals surface area contributed by atoms with E-state index in [4.69, 9.17) is 0 Å². The summed E-state index contributed by atoms with van der Waals surface area (Å²) in [7, 11) is 0. The molecule has 0 N–H and O–H groups in total. The molecule has 1 aromatic heterocycles. The maximum atomic E-state index is 4.15. The third-order valence-corrected chi connectivity index (χ3v) is 2.26. The molecule has 68 valence electrons. The molecule has 2 rings (SSSR count). The van der Waals surface area contributed by atoms with Crippen molar-refractivity contribution in [1.82, 2.24) is 14.8 Å². The number of rotatable bonds is 2. The molecule has 0 fully saturated rings. The Bertz CT molecular complexity index is 347. The van der Waals surface area contributed by atoms with Crippen LogP contribution in [0.4, 0.5) is 0 Å². The summed E-state index contributed by atoms with van der Waals surface area (Å²) in [4.78, 5) is 4.09. The van der Waals surface area contributed by atoms with E-state index in [1.54, 1.807) is 6.33 Å². The van der Waals surface area contributed by atoms with Gasteiger partial charge in [-0.3, -0.25) is 0 Å². The molecule has 3 nitrogen and oxygen atoms in total. The minimum absolute atomic E-state index is 0.885. The summed E-state index contributed by atoms with van der Waals surface area (Å²) < 4.78 is 1.94. The van der Waals surface area contributed by atoms with Gasteiger partial charge in [-0.1, -0.05) is 18.2 Å². The number of aryl methyl sites for hydroxylation is 1. The van der Waals surface area contributed by atoms with E-state index in [-0.39, 0.29) is 0 Å². The summed E-state index contributed by atoms with van der Waals surface area (Å²) in [6.45, 7) is 2.86. The average Bonchev–Trinajstić information content (AvgIpc) is 2.54. The quantitative estimate of drug-likeness (QED) is 0.687. The molecule has 13 heavy (non-hydrogen) atoms. The Hall–Kier alpha value is -1.38. The third kappa shape index (κ3) is 1.86. The minimum atomic E-state index is 0.885. The van der Waals surface area contributed by atoms with Crippen molar-refractivity contribution in [2.75, 3.05) is 0 Å². The lowest BCUT2D eigenvalue weighted by Gasteiger charge is -2.09. The van der Waals surface area contributed by atoms with Crippen LogP contribution in [0.15, 0.2) is 30.1 Å². The Morgan fingerprint density at radius 1 is 1.54 bits per heavy atom. The second kappa shape index (κ2) is 3.56. The largest absolute Gasteiger partial charge is 0.246 e. The second-order valence-electron chi connectivity index (χ2n) is 3.26. The van der Waals surface area contributed by atoms with Crippen molar-refractivity contribution in [1.29, 1.82) is 0 Å². The Morgan fingerprint density at radius 3 is 3.08 bits per heavy atom. The molecule has 0 amide bonds. The molecule has 0 saturated heterocycles. The molecule has 1 aliphatic rings. The van der Waals surface area contributed by atoms with Crippen molar-refractivity contribution in [3.8, 4) is 0 Å². The van der Waals surface area contributed by atoms with Crippen LogP contribution >= 0.6 is 0 Å². The first-order chi connectivity index (χ1) is 6.36.